The number of aromatic nitrogens is 1. The van der Waals surface area contributed by atoms with E-state index < -0.39 is 10.0 Å². The van der Waals surface area contributed by atoms with E-state index in [1.807, 2.05) is 30.3 Å². The van der Waals surface area contributed by atoms with Gasteiger partial charge in [0.15, 0.2) is 0 Å². The van der Waals surface area contributed by atoms with Gasteiger partial charge in [-0.3, -0.25) is 0 Å². The van der Waals surface area contributed by atoms with Crippen LogP contribution in [0.15, 0.2) is 64.1 Å². The molecule has 1 aliphatic rings. The Kier molecular flexibility index (Phi) is 4.48. The largest absolute Gasteiger partial charge is 0.493 e. The van der Waals surface area contributed by atoms with Gasteiger partial charge in [0.2, 0.25) is 15.9 Å². The first-order chi connectivity index (χ1) is 12.6. The summed E-state index contributed by atoms with van der Waals surface area (Å²) in [7, 11) is -3.56. The second-order valence-corrected chi connectivity index (χ2v) is 7.79. The molecule has 2 heterocycles. The van der Waals surface area contributed by atoms with E-state index in [1.54, 1.807) is 24.5 Å². The normalized spacial score (nSPS) is 13.4. The number of benzene rings is 2. The van der Waals surface area contributed by atoms with Crippen molar-refractivity contribution in [2.45, 2.75) is 17.7 Å². The van der Waals surface area contributed by atoms with Crippen molar-refractivity contribution in [2.75, 3.05) is 13.2 Å². The monoisotopic (exact) mass is 370 g/mol. The van der Waals surface area contributed by atoms with Crippen LogP contribution in [0, 0.1) is 0 Å². The zero-order valence-electron chi connectivity index (χ0n) is 14.0. The van der Waals surface area contributed by atoms with Crippen LogP contribution in [-0.4, -0.2) is 26.6 Å². The Morgan fingerprint density at radius 2 is 1.96 bits per heavy atom. The molecule has 0 bridgehead atoms. The number of ether oxygens (including phenoxy) is 1. The fourth-order valence-corrected chi connectivity index (χ4v) is 3.94. The molecule has 0 saturated heterocycles. The first-order valence-corrected chi connectivity index (χ1v) is 9.85. The molecule has 6 nitrogen and oxygen atoms in total. The van der Waals surface area contributed by atoms with Crippen LogP contribution in [0.25, 0.3) is 11.5 Å². The van der Waals surface area contributed by atoms with Crippen LogP contribution in [0.5, 0.6) is 5.75 Å². The molecule has 0 spiro atoms. The molecular formula is C19H18N2O4S. The minimum Gasteiger partial charge on any atom is -0.493 e. The third-order valence-electron chi connectivity index (χ3n) is 4.22. The highest BCUT2D eigenvalue weighted by atomic mass is 32.2. The summed E-state index contributed by atoms with van der Waals surface area (Å²) in [5.74, 6) is 1.29. The fraction of sp³-hybridized carbons (Fsp3) is 0.211. The summed E-state index contributed by atoms with van der Waals surface area (Å²) >= 11 is 0. The van der Waals surface area contributed by atoms with Crippen LogP contribution in [-0.2, 0) is 22.9 Å². The van der Waals surface area contributed by atoms with Gasteiger partial charge in [-0.2, -0.15) is 0 Å². The standard InChI is InChI=1S/C19H18N2O4S/c22-26(23,17-6-7-18-15(12-17)9-11-24-18)20-10-8-16-13-25-19(21-16)14-4-2-1-3-5-14/h1-7,12-13,20H,8-11H2. The molecule has 0 amide bonds. The van der Waals surface area contributed by atoms with Crippen molar-refractivity contribution >= 4 is 10.0 Å². The highest BCUT2D eigenvalue weighted by Crippen LogP contribution is 2.27. The van der Waals surface area contributed by atoms with E-state index in [9.17, 15) is 8.42 Å². The summed E-state index contributed by atoms with van der Waals surface area (Å²) in [4.78, 5) is 4.66. The number of nitrogens with zero attached hydrogens (tertiary/aromatic N) is 1. The number of oxazole rings is 1. The number of hydrogen-bond acceptors (Lipinski definition) is 5. The van der Waals surface area contributed by atoms with Crippen LogP contribution in [0.3, 0.4) is 0 Å². The molecule has 2 aromatic carbocycles. The van der Waals surface area contributed by atoms with Crippen molar-refractivity contribution in [2.24, 2.45) is 0 Å². The van der Waals surface area contributed by atoms with Crippen molar-refractivity contribution in [1.82, 2.24) is 9.71 Å². The number of nitrogens with one attached hydrogen (secondary N) is 1. The van der Waals surface area contributed by atoms with Gasteiger partial charge in [0.1, 0.15) is 12.0 Å². The Bertz CT molecular complexity index is 1010. The molecule has 7 heteroatoms. The molecule has 0 fully saturated rings. The summed E-state index contributed by atoms with van der Waals surface area (Å²) in [6, 6.07) is 14.5. The SMILES string of the molecule is O=S(=O)(NCCc1coc(-c2ccccc2)n1)c1ccc2c(c1)CCO2. The number of fused-ring (bicyclic) bond motifs is 1. The lowest BCUT2D eigenvalue weighted by Gasteiger charge is -2.07. The molecule has 0 aliphatic carbocycles. The lowest BCUT2D eigenvalue weighted by Crippen LogP contribution is -2.26. The maximum Gasteiger partial charge on any atom is 0.240 e. The smallest absolute Gasteiger partial charge is 0.240 e. The van der Waals surface area contributed by atoms with Gasteiger partial charge in [0.25, 0.3) is 0 Å². The molecule has 3 aromatic rings. The molecule has 4 rings (SSSR count). The van der Waals surface area contributed by atoms with E-state index in [-0.39, 0.29) is 11.4 Å². The first kappa shape index (κ1) is 16.8. The van der Waals surface area contributed by atoms with E-state index in [0.29, 0.717) is 24.6 Å². The average molecular weight is 370 g/mol. The number of rotatable bonds is 6. The van der Waals surface area contributed by atoms with Gasteiger partial charge in [-0.05, 0) is 35.9 Å². The Hall–Kier alpha value is -2.64. The predicted molar refractivity (Wildman–Crippen MR) is 96.5 cm³/mol. The lowest BCUT2D eigenvalue weighted by atomic mass is 10.2. The average Bonchev–Trinajstić information content (AvgIpc) is 3.31. The van der Waals surface area contributed by atoms with Crippen molar-refractivity contribution in [1.29, 1.82) is 0 Å². The summed E-state index contributed by atoms with van der Waals surface area (Å²) in [6.45, 7) is 0.846. The maximum absolute atomic E-state index is 12.5. The Morgan fingerprint density at radius 3 is 2.81 bits per heavy atom. The lowest BCUT2D eigenvalue weighted by molar-refractivity contribution is 0.356. The minimum absolute atomic E-state index is 0.247. The second kappa shape index (κ2) is 6.93. The van der Waals surface area contributed by atoms with Gasteiger partial charge in [-0.15, -0.1) is 0 Å². The van der Waals surface area contributed by atoms with E-state index in [0.717, 1.165) is 23.3 Å². The number of sulfonamides is 1. The van der Waals surface area contributed by atoms with E-state index in [1.165, 1.54) is 0 Å². The molecule has 1 aromatic heterocycles. The van der Waals surface area contributed by atoms with Crippen LogP contribution in [0.1, 0.15) is 11.3 Å². The van der Waals surface area contributed by atoms with Crippen LogP contribution in [0.4, 0.5) is 0 Å². The van der Waals surface area contributed by atoms with E-state index >= 15 is 0 Å². The van der Waals surface area contributed by atoms with E-state index in [2.05, 4.69) is 9.71 Å². The van der Waals surface area contributed by atoms with Crippen LogP contribution in [0.2, 0.25) is 0 Å². The third-order valence-corrected chi connectivity index (χ3v) is 5.68. The topological polar surface area (TPSA) is 81.4 Å². The Morgan fingerprint density at radius 1 is 1.12 bits per heavy atom. The van der Waals surface area contributed by atoms with Gasteiger partial charge < -0.3 is 9.15 Å². The Labute approximate surface area is 151 Å². The second-order valence-electron chi connectivity index (χ2n) is 6.03. The van der Waals surface area contributed by atoms with E-state index in [4.69, 9.17) is 9.15 Å². The van der Waals surface area contributed by atoms with Gasteiger partial charge >= 0.3 is 0 Å². The zero-order chi connectivity index (χ0) is 18.0. The minimum atomic E-state index is -3.56. The molecule has 0 radical (unpaired) electrons. The molecule has 0 unspecified atom stereocenters. The van der Waals surface area contributed by atoms with Gasteiger partial charge in [-0.1, -0.05) is 18.2 Å². The molecule has 1 aliphatic heterocycles. The van der Waals surface area contributed by atoms with Gasteiger partial charge in [0.05, 0.1) is 17.2 Å². The quantitative estimate of drug-likeness (QED) is 0.722. The number of hydrogen-bond donors (Lipinski definition) is 1. The summed E-state index contributed by atoms with van der Waals surface area (Å²) in [5.41, 5.74) is 2.52. The fourth-order valence-electron chi connectivity index (χ4n) is 2.86. The molecular weight excluding hydrogens is 352 g/mol. The molecule has 26 heavy (non-hydrogen) atoms. The van der Waals surface area contributed by atoms with Crippen molar-refractivity contribution in [3.63, 3.8) is 0 Å². The molecule has 1 N–H and O–H groups in total. The molecule has 0 saturated carbocycles. The first-order valence-electron chi connectivity index (χ1n) is 8.37. The van der Waals surface area contributed by atoms with Crippen molar-refractivity contribution < 1.29 is 17.6 Å². The summed E-state index contributed by atoms with van der Waals surface area (Å²) < 4.78 is 38.4. The highest BCUT2D eigenvalue weighted by Gasteiger charge is 2.19. The molecule has 0 atom stereocenters. The van der Waals surface area contributed by atoms with Crippen LogP contribution >= 0.6 is 0 Å². The maximum atomic E-state index is 12.5. The van der Waals surface area contributed by atoms with Crippen LogP contribution < -0.4 is 9.46 Å². The molecule has 134 valence electrons. The van der Waals surface area contributed by atoms with Crippen molar-refractivity contribution in [3.8, 4) is 17.2 Å². The highest BCUT2D eigenvalue weighted by molar-refractivity contribution is 7.89. The summed E-state index contributed by atoms with van der Waals surface area (Å²) in [6.07, 6.45) is 2.74. The predicted octanol–water partition coefficient (Wildman–Crippen LogP) is 2.80. The third kappa shape index (κ3) is 3.49. The Balaban J connectivity index is 1.39. The summed E-state index contributed by atoms with van der Waals surface area (Å²) in [5, 5.41) is 0. The van der Waals surface area contributed by atoms with Gasteiger partial charge in [-0.25, -0.2) is 18.1 Å². The van der Waals surface area contributed by atoms with Gasteiger partial charge in [0, 0.05) is 24.9 Å². The zero-order valence-corrected chi connectivity index (χ0v) is 14.8. The van der Waals surface area contributed by atoms with Crippen molar-refractivity contribution in [3.05, 3.63) is 66.1 Å².